The topological polar surface area (TPSA) is 129 Å². The first kappa shape index (κ1) is 34.6. The maximum absolute atomic E-state index is 14.2. The summed E-state index contributed by atoms with van der Waals surface area (Å²) in [4.78, 5) is 35.8. The van der Waals surface area contributed by atoms with Crippen molar-refractivity contribution < 1.29 is 31.5 Å². The number of hydrogen-bond donors (Lipinski definition) is 3. The maximum atomic E-state index is 14.2. The van der Waals surface area contributed by atoms with Crippen LogP contribution in [-0.4, -0.2) is 74.9 Å². The molecule has 0 spiro atoms. The summed E-state index contributed by atoms with van der Waals surface area (Å²) < 4.78 is 70.5. The number of nitrogens with zero attached hydrogens (tertiary/aromatic N) is 6. The number of imidazole rings is 1. The van der Waals surface area contributed by atoms with Crippen molar-refractivity contribution in [3.8, 4) is 0 Å². The molecule has 0 bridgehead atoms. The molecule has 2 saturated heterocycles. The molecule has 4 atom stereocenters. The smallest absolute Gasteiger partial charge is 0.355 e. The van der Waals surface area contributed by atoms with Gasteiger partial charge in [-0.25, -0.2) is 23.3 Å². The molecule has 0 radical (unpaired) electrons. The van der Waals surface area contributed by atoms with Crippen LogP contribution in [0.5, 0.6) is 0 Å². The zero-order chi connectivity index (χ0) is 33.9. The van der Waals surface area contributed by atoms with Gasteiger partial charge in [0.05, 0.1) is 41.3 Å². The predicted octanol–water partition coefficient (Wildman–Crippen LogP) is 4.62. The maximum Gasteiger partial charge on any atom is 0.393 e. The number of amides is 2. The van der Waals surface area contributed by atoms with Crippen LogP contribution in [0.4, 0.5) is 22.0 Å². The molecule has 11 nitrogen and oxygen atoms in total. The Hall–Kier alpha value is -3.69. The van der Waals surface area contributed by atoms with Gasteiger partial charge in [-0.05, 0) is 58.4 Å². The predicted molar refractivity (Wildman–Crippen MR) is 163 cm³/mol. The highest BCUT2D eigenvalue weighted by atomic mass is 19.4. The number of likely N-dealkylation sites (N-methyl/N-ethyl adjacent to an activating group) is 1. The number of rotatable bonds is 10. The molecule has 1 aliphatic carbocycles. The third-order valence-electron chi connectivity index (χ3n) is 9.53. The molecule has 3 fully saturated rings. The minimum atomic E-state index is -4.44. The van der Waals surface area contributed by atoms with E-state index < -0.39 is 48.3 Å². The minimum absolute atomic E-state index is 0.0493. The number of hydrogen-bond acceptors (Lipinski definition) is 8. The Morgan fingerprint density at radius 2 is 2.00 bits per heavy atom. The van der Waals surface area contributed by atoms with Crippen molar-refractivity contribution in [1.82, 2.24) is 40.5 Å². The number of nitrogens with one attached hydrogen (secondary N) is 3. The van der Waals surface area contributed by atoms with Gasteiger partial charge in [0, 0.05) is 45.0 Å². The zero-order valence-electron chi connectivity index (χ0n) is 26.6. The van der Waals surface area contributed by atoms with E-state index in [0.717, 1.165) is 25.8 Å². The normalized spacial score (nSPS) is 24.9. The van der Waals surface area contributed by atoms with Crippen LogP contribution in [0.2, 0.25) is 0 Å². The van der Waals surface area contributed by atoms with Crippen LogP contribution < -0.4 is 16.0 Å². The summed E-state index contributed by atoms with van der Waals surface area (Å²) in [5.41, 5.74) is 1.50. The van der Waals surface area contributed by atoms with Gasteiger partial charge in [0.2, 0.25) is 11.8 Å². The molecule has 2 aromatic rings. The number of fused-ring (bicyclic) bond motifs is 1. The molecule has 2 aliphatic heterocycles. The van der Waals surface area contributed by atoms with E-state index >= 15 is 0 Å². The van der Waals surface area contributed by atoms with Gasteiger partial charge < -0.3 is 16.0 Å². The van der Waals surface area contributed by atoms with E-state index in [4.69, 9.17) is 15.1 Å². The van der Waals surface area contributed by atoms with Crippen LogP contribution in [0, 0.1) is 17.8 Å². The molecule has 47 heavy (non-hydrogen) atoms. The van der Waals surface area contributed by atoms with Gasteiger partial charge >= 0.3 is 6.18 Å². The number of carbonyl (C=O) groups is 2. The Balaban J connectivity index is 1.52. The largest absolute Gasteiger partial charge is 0.393 e. The lowest BCUT2D eigenvalue weighted by atomic mass is 9.81. The number of halogens is 5. The van der Waals surface area contributed by atoms with Crippen LogP contribution >= 0.6 is 0 Å². The summed E-state index contributed by atoms with van der Waals surface area (Å²) in [6, 6.07) is -1.00. The van der Waals surface area contributed by atoms with Crippen LogP contribution in [0.15, 0.2) is 23.1 Å². The first-order chi connectivity index (χ1) is 22.3. The van der Waals surface area contributed by atoms with Crippen LogP contribution in [0.1, 0.15) is 94.4 Å². The van der Waals surface area contributed by atoms with Crippen LogP contribution in [-0.2, 0) is 16.0 Å². The second-order valence-corrected chi connectivity index (χ2v) is 12.7. The molecule has 1 saturated carbocycles. The standard InChI is InChI=1S/C31H42F5N9O2/c1-4-24(44(5-2)37-3)28(47)41-25(18-9-11-30(32,33)12-10-18)23-17-45-29(40-23)42-26(21-8-6-7-13-38-21)22(43-45)15-19-14-20(31(34,35)36)16-39-27(19)46/h4,17-21,25,38H,3,5-16H2,1-2H3,(H,39,46)(H,41,47)/b24-4-. The average Bonchev–Trinajstić information content (AvgIpc) is 3.45. The third kappa shape index (κ3) is 7.90. The van der Waals surface area contributed by atoms with Gasteiger partial charge in [0.1, 0.15) is 5.70 Å². The summed E-state index contributed by atoms with van der Waals surface area (Å²) >= 11 is 0. The summed E-state index contributed by atoms with van der Waals surface area (Å²) in [7, 11) is 0. The number of allylic oxidation sites excluding steroid dienone is 1. The average molecular weight is 668 g/mol. The molecule has 3 N–H and O–H groups in total. The quantitative estimate of drug-likeness (QED) is 0.146. The first-order valence-electron chi connectivity index (χ1n) is 16.3. The lowest BCUT2D eigenvalue weighted by molar-refractivity contribution is -0.183. The van der Waals surface area contributed by atoms with Crippen molar-refractivity contribution in [2.75, 3.05) is 19.6 Å². The highest BCUT2D eigenvalue weighted by Gasteiger charge is 2.45. The molecule has 258 valence electrons. The summed E-state index contributed by atoms with van der Waals surface area (Å²) in [5.74, 6) is -6.51. The molecule has 5 rings (SSSR count). The Labute approximate surface area is 269 Å². The molecule has 16 heteroatoms. The Morgan fingerprint density at radius 1 is 1.26 bits per heavy atom. The lowest BCUT2D eigenvalue weighted by Crippen LogP contribution is -2.47. The van der Waals surface area contributed by atoms with Gasteiger partial charge in [0.25, 0.3) is 11.7 Å². The number of alkyl halides is 5. The van der Waals surface area contributed by atoms with Gasteiger partial charge in [0.15, 0.2) is 0 Å². The second kappa shape index (κ2) is 14.2. The third-order valence-corrected chi connectivity index (χ3v) is 9.53. The summed E-state index contributed by atoms with van der Waals surface area (Å²) in [6.07, 6.45) is 0.533. The van der Waals surface area contributed by atoms with Crippen molar-refractivity contribution in [3.63, 3.8) is 0 Å². The van der Waals surface area contributed by atoms with E-state index in [1.807, 2.05) is 6.92 Å². The number of carbonyl (C=O) groups excluding carboxylic acids is 2. The Bertz CT molecular complexity index is 1480. The monoisotopic (exact) mass is 667 g/mol. The van der Waals surface area contributed by atoms with E-state index in [-0.39, 0.29) is 62.0 Å². The second-order valence-electron chi connectivity index (χ2n) is 12.7. The SMILES string of the molecule is C=NN(CC)/C(=C\C)C(=O)NC(c1cn2nc(CC3CC(C(F)(F)F)CNC3=O)c(C3CCCCN3)nc2n1)C1CCC(F)(F)CC1. The minimum Gasteiger partial charge on any atom is -0.355 e. The fraction of sp³-hybridized carbons (Fsp3) is 0.677. The zero-order valence-corrected chi connectivity index (χ0v) is 26.6. The van der Waals surface area contributed by atoms with Crippen molar-refractivity contribution in [2.24, 2.45) is 22.9 Å². The number of aromatic nitrogens is 4. The molecule has 4 heterocycles. The van der Waals surface area contributed by atoms with E-state index in [0.29, 0.717) is 23.6 Å². The Morgan fingerprint density at radius 3 is 2.62 bits per heavy atom. The first-order valence-corrected chi connectivity index (χ1v) is 16.3. The van der Waals surface area contributed by atoms with Crippen molar-refractivity contribution in [1.29, 1.82) is 0 Å². The van der Waals surface area contributed by atoms with Crippen LogP contribution in [0.25, 0.3) is 5.78 Å². The van der Waals surface area contributed by atoms with Crippen LogP contribution in [0.3, 0.4) is 0 Å². The molecular formula is C31H42F5N9O2. The Kier molecular flexibility index (Phi) is 10.5. The van der Waals surface area contributed by atoms with E-state index in [1.54, 1.807) is 19.2 Å². The van der Waals surface area contributed by atoms with Gasteiger partial charge in [-0.1, -0.05) is 12.5 Å². The van der Waals surface area contributed by atoms with E-state index in [9.17, 15) is 31.5 Å². The summed E-state index contributed by atoms with van der Waals surface area (Å²) in [6.45, 7) is 7.66. The van der Waals surface area contributed by atoms with Gasteiger partial charge in [-0.15, -0.1) is 0 Å². The molecule has 2 amide bonds. The molecular weight excluding hydrogens is 625 g/mol. The van der Waals surface area contributed by atoms with E-state index in [2.05, 4.69) is 27.8 Å². The molecule has 3 aliphatic rings. The van der Waals surface area contributed by atoms with Gasteiger partial charge in [-0.3, -0.25) is 14.6 Å². The lowest BCUT2D eigenvalue weighted by Gasteiger charge is -2.34. The van der Waals surface area contributed by atoms with Crippen molar-refractivity contribution in [3.05, 3.63) is 35.1 Å². The fourth-order valence-corrected chi connectivity index (χ4v) is 6.89. The molecule has 0 aromatic carbocycles. The molecule has 2 aromatic heterocycles. The van der Waals surface area contributed by atoms with Gasteiger partial charge in [-0.2, -0.15) is 23.4 Å². The van der Waals surface area contributed by atoms with E-state index in [1.165, 1.54) is 9.52 Å². The molecule has 4 unspecified atom stereocenters. The summed E-state index contributed by atoms with van der Waals surface area (Å²) in [5, 5.41) is 18.9. The number of piperidine rings is 2. The van der Waals surface area contributed by atoms with Crippen molar-refractivity contribution >= 4 is 24.3 Å². The number of hydrazone groups is 1. The van der Waals surface area contributed by atoms with Crippen molar-refractivity contribution in [2.45, 2.75) is 95.8 Å². The fourth-order valence-electron chi connectivity index (χ4n) is 6.89. The highest BCUT2D eigenvalue weighted by Crippen LogP contribution is 2.42. The highest BCUT2D eigenvalue weighted by molar-refractivity contribution is 5.93.